The molecule has 2 aliphatic carbocycles. The van der Waals surface area contributed by atoms with Crippen LogP contribution in [0.5, 0.6) is 0 Å². The molecule has 0 fully saturated rings. The van der Waals surface area contributed by atoms with Crippen molar-refractivity contribution in [2.45, 2.75) is 24.7 Å². The third kappa shape index (κ3) is 13.4. The molecular weight excluding hydrogens is 871 g/mol. The Labute approximate surface area is 428 Å². The predicted molar refractivity (Wildman–Crippen MR) is 313 cm³/mol. The molecule has 0 aromatic heterocycles. The highest BCUT2D eigenvalue weighted by Crippen LogP contribution is 2.57. The fraction of sp³-hybridized carbons (Fsp3) is 0.0725. The molecule has 3 nitrogen and oxygen atoms in total. The first-order valence-corrected chi connectivity index (χ1v) is 24.5. The molecule has 10 rings (SSSR count). The van der Waals surface area contributed by atoms with Crippen LogP contribution in [0.3, 0.4) is 0 Å². The zero-order valence-electron chi connectivity index (χ0n) is 41.4. The lowest BCUT2D eigenvalue weighted by atomic mass is 9.72. The van der Waals surface area contributed by atoms with E-state index in [9.17, 15) is 0 Å². The van der Waals surface area contributed by atoms with Crippen molar-refractivity contribution in [3.63, 3.8) is 0 Å². The second-order valence-corrected chi connectivity index (χ2v) is 17.6. The lowest BCUT2D eigenvalue weighted by Gasteiger charge is -2.30. The Kier molecular flexibility index (Phi) is 18.8. The fourth-order valence-electron chi connectivity index (χ4n) is 9.28. The Morgan fingerprint density at radius 1 is 0.486 bits per heavy atom. The summed E-state index contributed by atoms with van der Waals surface area (Å²) in [6.07, 6.45) is 31.1. The number of fused-ring (bicyclic) bond motifs is 6. The molecule has 3 heteroatoms. The number of rotatable bonds is 8. The van der Waals surface area contributed by atoms with Gasteiger partial charge in [0.2, 0.25) is 0 Å². The molecule has 5 N–H and O–H groups in total. The fourth-order valence-corrected chi connectivity index (χ4v) is 9.28. The van der Waals surface area contributed by atoms with Gasteiger partial charge < -0.3 is 5.73 Å². The van der Waals surface area contributed by atoms with E-state index in [1.165, 1.54) is 77.5 Å². The van der Waals surface area contributed by atoms with Crippen LogP contribution in [0.4, 0.5) is 5.69 Å². The van der Waals surface area contributed by atoms with E-state index in [4.69, 9.17) is 5.73 Å². The minimum absolute atomic E-state index is 0.198. The van der Waals surface area contributed by atoms with Crippen molar-refractivity contribution in [2.75, 3.05) is 12.8 Å². The number of hydrazine groups is 1. The molecule has 8 aromatic rings. The van der Waals surface area contributed by atoms with E-state index >= 15 is 0 Å². The highest BCUT2D eigenvalue weighted by atomic mass is 15.2. The van der Waals surface area contributed by atoms with Crippen molar-refractivity contribution in [1.29, 1.82) is 0 Å². The molecule has 1 spiro atoms. The second-order valence-electron chi connectivity index (χ2n) is 17.6. The molecule has 0 atom stereocenters. The van der Waals surface area contributed by atoms with Gasteiger partial charge in [0.1, 0.15) is 0 Å². The van der Waals surface area contributed by atoms with Gasteiger partial charge in [-0.25, -0.2) is 0 Å². The van der Waals surface area contributed by atoms with Gasteiger partial charge in [0.15, 0.2) is 0 Å². The third-order valence-corrected chi connectivity index (χ3v) is 12.6. The molecule has 72 heavy (non-hydrogen) atoms. The van der Waals surface area contributed by atoms with Gasteiger partial charge in [-0.1, -0.05) is 256 Å². The number of hydrogen-bond donors (Lipinski definition) is 3. The monoisotopic (exact) mass is 936 g/mol. The van der Waals surface area contributed by atoms with Crippen LogP contribution < -0.4 is 17.0 Å². The van der Waals surface area contributed by atoms with Crippen LogP contribution in [-0.2, 0) is 11.8 Å². The first kappa shape index (κ1) is 51.3. The van der Waals surface area contributed by atoms with Crippen molar-refractivity contribution >= 4 is 16.5 Å². The van der Waals surface area contributed by atoms with E-state index in [-0.39, 0.29) is 5.41 Å². The molecule has 356 valence electrons. The van der Waals surface area contributed by atoms with Crippen molar-refractivity contribution in [2.24, 2.45) is 5.84 Å². The van der Waals surface area contributed by atoms with E-state index in [2.05, 4.69) is 237 Å². The second kappa shape index (κ2) is 26.4. The summed E-state index contributed by atoms with van der Waals surface area (Å²) in [6.45, 7) is 11.2. The summed E-state index contributed by atoms with van der Waals surface area (Å²) in [5, 5.41) is 2.56. The lowest BCUT2D eigenvalue weighted by Crippen LogP contribution is -2.24. The summed E-state index contributed by atoms with van der Waals surface area (Å²) in [7, 11) is 1.65. The van der Waals surface area contributed by atoms with Gasteiger partial charge in [0.05, 0.1) is 0 Å². The predicted octanol–water partition coefficient (Wildman–Crippen LogP) is 17.1. The Hall–Kier alpha value is -8.60. The average Bonchev–Trinajstić information content (AvgIpc) is 3.68. The summed E-state index contributed by atoms with van der Waals surface area (Å²) in [6, 6.07) is 68.0. The van der Waals surface area contributed by atoms with Crippen LogP contribution in [0.1, 0.15) is 35.1 Å². The van der Waals surface area contributed by atoms with E-state index in [0.29, 0.717) is 0 Å². The maximum Gasteiger partial charge on any atom is 0.0313 e. The Balaban J connectivity index is 0.000000360. The average molecular weight is 936 g/mol. The number of nitrogen functional groups attached to an aromatic ring is 1. The maximum absolute atomic E-state index is 5.36. The molecule has 0 unspecified atom stereocenters. The van der Waals surface area contributed by atoms with E-state index in [1.807, 2.05) is 54.6 Å². The molecule has 0 aliphatic heterocycles. The SMILES string of the molecule is C=C/C=C\C=C/C=C.C=C1/C=C\C=C/CC2(C/C=C\C=C/1)c1cc3ccccc3cc1-c1c(-c3cccc(-c4cccc(-c5cccc(Cc6ccccc6)c5)c4)c3)cccc12.CNN.Nc1ccccc1. The van der Waals surface area contributed by atoms with Crippen LogP contribution in [0, 0.1) is 0 Å². The lowest BCUT2D eigenvalue weighted by molar-refractivity contribution is 0.543. The number of hydrogen-bond acceptors (Lipinski definition) is 3. The molecule has 0 heterocycles. The number of anilines is 1. The summed E-state index contributed by atoms with van der Waals surface area (Å²) < 4.78 is 0. The van der Waals surface area contributed by atoms with Gasteiger partial charge >= 0.3 is 0 Å². The standard InChI is InChI=1S/C54H42.C8H10.C6H7N.CH6N2/c1-39-17-5-3-11-31-54(32-12-4-6-18-39)51-30-16-29-49(53(51)50-37-46-22-9-10-23-47(46)38-52(50)54)48-28-15-27-45(36-48)44-26-14-25-43(35-44)42-24-13-21-41(34-42)33-40-19-7-2-8-20-40;1-3-5-7-8-6-4-2;7-6-4-2-1-3-5-6;1-3-2/h2-30,34-38H,1,31-33H2;3-8H,1-2H2;1-5H,7H2;3H,2H2,1H3/b11-3-,12-4-,17-5-,18-6-;7-5-,8-6-;;. The summed E-state index contributed by atoms with van der Waals surface area (Å²) in [5.74, 6) is 4.60. The van der Waals surface area contributed by atoms with Gasteiger partial charge in [-0.05, 0) is 146 Å². The molecule has 0 amide bonds. The van der Waals surface area contributed by atoms with Gasteiger partial charge in [-0.3, -0.25) is 11.3 Å². The van der Waals surface area contributed by atoms with E-state index < -0.39 is 0 Å². The van der Waals surface area contributed by atoms with Crippen LogP contribution in [0.15, 0.2) is 298 Å². The molecule has 0 saturated heterocycles. The minimum Gasteiger partial charge on any atom is -0.399 e. The topological polar surface area (TPSA) is 64.1 Å². The van der Waals surface area contributed by atoms with Crippen LogP contribution >= 0.6 is 0 Å². The maximum atomic E-state index is 5.36. The summed E-state index contributed by atoms with van der Waals surface area (Å²) >= 11 is 0. The van der Waals surface area contributed by atoms with Crippen LogP contribution in [0.2, 0.25) is 0 Å². The summed E-state index contributed by atoms with van der Waals surface area (Å²) in [5.41, 5.74) is 24.8. The largest absolute Gasteiger partial charge is 0.399 e. The van der Waals surface area contributed by atoms with E-state index in [1.54, 1.807) is 19.2 Å². The number of nitrogens with one attached hydrogen (secondary N) is 1. The highest BCUT2D eigenvalue weighted by molar-refractivity contribution is 5.99. The number of nitrogens with two attached hydrogens (primary N) is 2. The zero-order valence-corrected chi connectivity index (χ0v) is 41.4. The van der Waals surface area contributed by atoms with Crippen molar-refractivity contribution in [3.05, 3.63) is 321 Å². The number of para-hydroxylation sites is 1. The highest BCUT2D eigenvalue weighted by Gasteiger charge is 2.43. The van der Waals surface area contributed by atoms with Crippen molar-refractivity contribution in [3.8, 4) is 44.5 Å². The van der Waals surface area contributed by atoms with Crippen molar-refractivity contribution < 1.29 is 0 Å². The van der Waals surface area contributed by atoms with Gasteiger partial charge in [-0.15, -0.1) is 0 Å². The molecule has 8 aromatic carbocycles. The third-order valence-electron chi connectivity index (χ3n) is 12.6. The zero-order chi connectivity index (χ0) is 50.4. The van der Waals surface area contributed by atoms with Gasteiger partial charge in [0, 0.05) is 11.1 Å². The molecule has 2 aliphatic rings. The van der Waals surface area contributed by atoms with E-state index in [0.717, 1.165) is 30.5 Å². The van der Waals surface area contributed by atoms with Crippen molar-refractivity contribution in [1.82, 2.24) is 5.43 Å². The molecular formula is C69H65N3. The summed E-state index contributed by atoms with van der Waals surface area (Å²) in [4.78, 5) is 0. The normalized spacial score (nSPS) is 14.9. The Bertz CT molecular complexity index is 3230. The van der Waals surface area contributed by atoms with Gasteiger partial charge in [0.25, 0.3) is 0 Å². The molecule has 0 saturated carbocycles. The first-order chi connectivity index (χ1) is 35.4. The van der Waals surface area contributed by atoms with Crippen LogP contribution in [-0.4, -0.2) is 7.05 Å². The smallest absolute Gasteiger partial charge is 0.0313 e. The Morgan fingerprint density at radius 3 is 1.54 bits per heavy atom. The quantitative estimate of drug-likeness (QED) is 0.0616. The Morgan fingerprint density at radius 2 is 0.972 bits per heavy atom. The molecule has 0 bridgehead atoms. The van der Waals surface area contributed by atoms with Crippen LogP contribution in [0.25, 0.3) is 55.3 Å². The molecule has 0 radical (unpaired) electrons. The number of allylic oxidation sites excluding steroid dienone is 15. The minimum atomic E-state index is -0.198. The van der Waals surface area contributed by atoms with Gasteiger partial charge in [-0.2, -0.15) is 0 Å². The number of benzene rings is 8. The first-order valence-electron chi connectivity index (χ1n) is 24.5.